The van der Waals surface area contributed by atoms with E-state index in [1.165, 1.54) is 25.7 Å². The molecule has 3 aliphatic rings. The van der Waals surface area contributed by atoms with Gasteiger partial charge in [0.1, 0.15) is 6.04 Å². The Morgan fingerprint density at radius 2 is 1.60 bits per heavy atom. The minimum Gasteiger partial charge on any atom is -0.480 e. The number of nitrogens with zero attached hydrogens (tertiary/aromatic N) is 2. The maximum Gasteiger partial charge on any atom is 0.326 e. The number of carboxylic acids is 1. The van der Waals surface area contributed by atoms with Crippen molar-refractivity contribution in [2.24, 2.45) is 5.41 Å². The molecule has 20 heavy (non-hydrogen) atoms. The van der Waals surface area contributed by atoms with E-state index in [0.29, 0.717) is 18.4 Å². The highest BCUT2D eigenvalue weighted by molar-refractivity contribution is 5.83. The summed E-state index contributed by atoms with van der Waals surface area (Å²) in [6.07, 6.45) is 8.91. The van der Waals surface area contributed by atoms with Crippen LogP contribution in [0.3, 0.4) is 0 Å². The lowest BCUT2D eigenvalue weighted by Crippen LogP contribution is -2.51. The zero-order chi connectivity index (χ0) is 14.2. The fourth-order valence-electron chi connectivity index (χ4n) is 4.23. The van der Waals surface area contributed by atoms with E-state index in [2.05, 4.69) is 0 Å². The molecule has 1 atom stereocenters. The second-order valence-corrected chi connectivity index (χ2v) is 6.67. The van der Waals surface area contributed by atoms with Crippen molar-refractivity contribution in [1.29, 1.82) is 0 Å². The molecule has 3 fully saturated rings. The topological polar surface area (TPSA) is 60.9 Å². The van der Waals surface area contributed by atoms with Crippen LogP contribution < -0.4 is 0 Å². The summed E-state index contributed by atoms with van der Waals surface area (Å²) in [4.78, 5) is 27.1. The van der Waals surface area contributed by atoms with Crippen molar-refractivity contribution in [1.82, 2.24) is 9.80 Å². The van der Waals surface area contributed by atoms with Gasteiger partial charge in [-0.2, -0.15) is 0 Å². The Labute approximate surface area is 119 Å². The smallest absolute Gasteiger partial charge is 0.326 e. The number of hydrogen-bond donors (Lipinski definition) is 1. The highest BCUT2D eigenvalue weighted by atomic mass is 16.4. The van der Waals surface area contributed by atoms with Crippen LogP contribution in [0, 0.1) is 5.41 Å². The molecule has 0 aromatic heterocycles. The second-order valence-electron chi connectivity index (χ2n) is 6.67. The number of carbonyl (C=O) groups is 2. The monoisotopic (exact) mass is 280 g/mol. The van der Waals surface area contributed by atoms with Gasteiger partial charge in [0, 0.05) is 19.6 Å². The van der Waals surface area contributed by atoms with E-state index in [1.54, 1.807) is 4.90 Å². The molecule has 2 saturated heterocycles. The van der Waals surface area contributed by atoms with Crippen LogP contribution in [0.25, 0.3) is 0 Å². The highest BCUT2D eigenvalue weighted by Crippen LogP contribution is 2.46. The SMILES string of the molecule is O=C(O)[C@@H]1CCCN1C(=O)N1CCC2(CCCC2)CC1. The van der Waals surface area contributed by atoms with Gasteiger partial charge in [0.2, 0.25) is 0 Å². The quantitative estimate of drug-likeness (QED) is 0.801. The van der Waals surface area contributed by atoms with E-state index in [0.717, 1.165) is 32.4 Å². The zero-order valence-electron chi connectivity index (χ0n) is 12.0. The maximum absolute atomic E-state index is 12.5. The number of carbonyl (C=O) groups excluding carboxylic acids is 1. The molecule has 2 amide bonds. The van der Waals surface area contributed by atoms with Gasteiger partial charge in [-0.15, -0.1) is 0 Å². The molecule has 1 aliphatic carbocycles. The van der Waals surface area contributed by atoms with Crippen LogP contribution in [0.5, 0.6) is 0 Å². The first-order valence-electron chi connectivity index (χ1n) is 7.90. The normalized spacial score (nSPS) is 29.1. The first kappa shape index (κ1) is 13.7. The molecule has 1 spiro atoms. The number of rotatable bonds is 1. The lowest BCUT2D eigenvalue weighted by atomic mass is 9.77. The minimum atomic E-state index is -0.861. The molecular formula is C15H24N2O3. The summed E-state index contributed by atoms with van der Waals surface area (Å²) < 4.78 is 0. The van der Waals surface area contributed by atoms with Crippen molar-refractivity contribution in [3.63, 3.8) is 0 Å². The number of likely N-dealkylation sites (tertiary alicyclic amines) is 2. The van der Waals surface area contributed by atoms with E-state index in [1.807, 2.05) is 4.90 Å². The van der Waals surface area contributed by atoms with Gasteiger partial charge in [-0.3, -0.25) is 0 Å². The van der Waals surface area contributed by atoms with Gasteiger partial charge in [-0.1, -0.05) is 12.8 Å². The molecule has 0 aromatic carbocycles. The summed E-state index contributed by atoms with van der Waals surface area (Å²) in [5.74, 6) is -0.861. The molecule has 5 heteroatoms. The molecule has 2 heterocycles. The van der Waals surface area contributed by atoms with E-state index in [-0.39, 0.29) is 6.03 Å². The molecule has 112 valence electrons. The van der Waals surface area contributed by atoms with Crippen molar-refractivity contribution < 1.29 is 14.7 Å². The molecule has 1 N–H and O–H groups in total. The highest BCUT2D eigenvalue weighted by Gasteiger charge is 2.41. The van der Waals surface area contributed by atoms with Gasteiger partial charge in [0.05, 0.1) is 0 Å². The average Bonchev–Trinajstić information content (AvgIpc) is 3.08. The van der Waals surface area contributed by atoms with Crippen LogP contribution in [0.1, 0.15) is 51.4 Å². The van der Waals surface area contributed by atoms with E-state index >= 15 is 0 Å². The number of carboxylic acid groups (broad SMARTS) is 1. The van der Waals surface area contributed by atoms with Crippen LogP contribution in [-0.4, -0.2) is 52.6 Å². The number of urea groups is 1. The van der Waals surface area contributed by atoms with Crippen LogP contribution in [0.4, 0.5) is 4.79 Å². The molecule has 0 unspecified atom stereocenters. The lowest BCUT2D eigenvalue weighted by Gasteiger charge is -2.41. The Kier molecular flexibility index (Phi) is 3.61. The third-order valence-corrected chi connectivity index (χ3v) is 5.54. The number of hydrogen-bond acceptors (Lipinski definition) is 2. The molecule has 1 saturated carbocycles. The lowest BCUT2D eigenvalue weighted by molar-refractivity contribution is -0.141. The fraction of sp³-hybridized carbons (Fsp3) is 0.867. The third-order valence-electron chi connectivity index (χ3n) is 5.54. The van der Waals surface area contributed by atoms with Gasteiger partial charge in [-0.05, 0) is 43.9 Å². The molecular weight excluding hydrogens is 256 g/mol. The van der Waals surface area contributed by atoms with E-state index in [9.17, 15) is 14.7 Å². The van der Waals surface area contributed by atoms with Gasteiger partial charge in [0.25, 0.3) is 0 Å². The predicted octanol–water partition coefficient (Wildman–Crippen LogP) is 2.31. The number of piperidine rings is 1. The predicted molar refractivity (Wildman–Crippen MR) is 74.5 cm³/mol. The molecule has 0 bridgehead atoms. The van der Waals surface area contributed by atoms with Crippen molar-refractivity contribution in [3.8, 4) is 0 Å². The average molecular weight is 280 g/mol. The van der Waals surface area contributed by atoms with Gasteiger partial charge < -0.3 is 14.9 Å². The summed E-state index contributed by atoms with van der Waals surface area (Å²) >= 11 is 0. The standard InChI is InChI=1S/C15H24N2O3/c18-13(19)12-4-3-9-17(12)14(20)16-10-7-15(8-11-16)5-1-2-6-15/h12H,1-11H2,(H,18,19)/t12-/m0/s1. The van der Waals surface area contributed by atoms with Crippen molar-refractivity contribution in [2.45, 2.75) is 57.4 Å². The summed E-state index contributed by atoms with van der Waals surface area (Å²) in [6, 6.07) is -0.660. The summed E-state index contributed by atoms with van der Waals surface area (Å²) in [6.45, 7) is 2.21. The molecule has 0 aromatic rings. The minimum absolute atomic E-state index is 0.0530. The Hall–Kier alpha value is -1.26. The molecule has 0 radical (unpaired) electrons. The summed E-state index contributed by atoms with van der Waals surface area (Å²) in [5, 5.41) is 9.19. The van der Waals surface area contributed by atoms with Crippen molar-refractivity contribution in [3.05, 3.63) is 0 Å². The maximum atomic E-state index is 12.5. The number of aliphatic carboxylic acids is 1. The fourth-order valence-corrected chi connectivity index (χ4v) is 4.23. The van der Waals surface area contributed by atoms with E-state index in [4.69, 9.17) is 0 Å². The first-order chi connectivity index (χ1) is 9.61. The zero-order valence-corrected chi connectivity index (χ0v) is 12.0. The first-order valence-corrected chi connectivity index (χ1v) is 7.90. The molecule has 2 aliphatic heterocycles. The summed E-state index contributed by atoms with van der Waals surface area (Å²) in [7, 11) is 0. The van der Waals surface area contributed by atoms with Gasteiger partial charge in [-0.25, -0.2) is 9.59 Å². The van der Waals surface area contributed by atoms with Crippen molar-refractivity contribution in [2.75, 3.05) is 19.6 Å². The Bertz CT molecular complexity index is 394. The second kappa shape index (κ2) is 5.26. The largest absolute Gasteiger partial charge is 0.480 e. The van der Waals surface area contributed by atoms with Crippen LogP contribution in [0.15, 0.2) is 0 Å². The van der Waals surface area contributed by atoms with Gasteiger partial charge >= 0.3 is 12.0 Å². The van der Waals surface area contributed by atoms with E-state index < -0.39 is 12.0 Å². The van der Waals surface area contributed by atoms with Gasteiger partial charge in [0.15, 0.2) is 0 Å². The Balaban J connectivity index is 1.60. The summed E-state index contributed by atoms with van der Waals surface area (Å²) in [5.41, 5.74) is 0.494. The van der Waals surface area contributed by atoms with Crippen LogP contribution in [-0.2, 0) is 4.79 Å². The Morgan fingerprint density at radius 3 is 2.20 bits per heavy atom. The van der Waals surface area contributed by atoms with Crippen LogP contribution in [0.2, 0.25) is 0 Å². The van der Waals surface area contributed by atoms with Crippen LogP contribution >= 0.6 is 0 Å². The molecule has 5 nitrogen and oxygen atoms in total. The number of amides is 2. The molecule has 3 rings (SSSR count). The third kappa shape index (κ3) is 2.38. The van der Waals surface area contributed by atoms with Crippen molar-refractivity contribution >= 4 is 12.0 Å². The Morgan fingerprint density at radius 1 is 0.950 bits per heavy atom.